The Kier molecular flexibility index (Phi) is 5.94. The maximum Gasteiger partial charge on any atom is 0.339 e. The van der Waals surface area contributed by atoms with Gasteiger partial charge in [0.05, 0.1) is 24.5 Å². The fourth-order valence-electron chi connectivity index (χ4n) is 1.31. The second-order valence-electron chi connectivity index (χ2n) is 3.78. The lowest BCUT2D eigenvalue weighted by Gasteiger charge is -2.16. The van der Waals surface area contributed by atoms with Gasteiger partial charge in [0, 0.05) is 18.9 Å². The van der Waals surface area contributed by atoms with E-state index in [9.17, 15) is 19.8 Å². The molecule has 1 aromatic rings. The van der Waals surface area contributed by atoms with Crippen LogP contribution < -0.4 is 0 Å². The molecular formula is C12H15NO5S. The standard InChI is InChI=1S/C12H15NO5S/c1-7(14)19-6-10(15)11(16)9-4-3-8(5-13-9)12(17)18-2/h3-5,10-11,15-16H,6H2,1-2H3. The summed E-state index contributed by atoms with van der Waals surface area (Å²) in [7, 11) is 1.26. The van der Waals surface area contributed by atoms with Crippen LogP contribution in [0.15, 0.2) is 18.3 Å². The van der Waals surface area contributed by atoms with E-state index in [1.807, 2.05) is 0 Å². The minimum atomic E-state index is -1.21. The Labute approximate surface area is 114 Å². The summed E-state index contributed by atoms with van der Waals surface area (Å²) in [6, 6.07) is 2.88. The highest BCUT2D eigenvalue weighted by molar-refractivity contribution is 8.13. The number of thioether (sulfide) groups is 1. The molecule has 1 rings (SSSR count). The third-order valence-electron chi connectivity index (χ3n) is 2.33. The van der Waals surface area contributed by atoms with Gasteiger partial charge in [-0.3, -0.25) is 9.78 Å². The van der Waals surface area contributed by atoms with E-state index in [1.165, 1.54) is 32.4 Å². The van der Waals surface area contributed by atoms with Gasteiger partial charge in [0.15, 0.2) is 5.12 Å². The summed E-state index contributed by atoms with van der Waals surface area (Å²) in [5.74, 6) is -0.446. The summed E-state index contributed by atoms with van der Waals surface area (Å²) in [5, 5.41) is 19.4. The van der Waals surface area contributed by atoms with Crippen LogP contribution >= 0.6 is 11.8 Å². The summed E-state index contributed by atoms with van der Waals surface area (Å²) in [5.41, 5.74) is 0.482. The summed E-state index contributed by atoms with van der Waals surface area (Å²) < 4.78 is 4.52. The molecule has 0 bridgehead atoms. The summed E-state index contributed by atoms with van der Waals surface area (Å²) in [4.78, 5) is 25.8. The molecule has 1 heterocycles. The van der Waals surface area contributed by atoms with Crippen LogP contribution in [0, 0.1) is 0 Å². The molecule has 6 nitrogen and oxygen atoms in total. The molecule has 1 aromatic heterocycles. The molecule has 104 valence electrons. The van der Waals surface area contributed by atoms with Gasteiger partial charge in [-0.05, 0) is 12.1 Å². The molecule has 7 heteroatoms. The average Bonchev–Trinajstić information content (AvgIpc) is 2.43. The first kappa shape index (κ1) is 15.6. The van der Waals surface area contributed by atoms with Gasteiger partial charge in [0.2, 0.25) is 0 Å². The van der Waals surface area contributed by atoms with Crippen LogP contribution in [0.5, 0.6) is 0 Å². The van der Waals surface area contributed by atoms with E-state index >= 15 is 0 Å². The monoisotopic (exact) mass is 285 g/mol. The van der Waals surface area contributed by atoms with Crippen LogP contribution in [-0.2, 0) is 9.53 Å². The van der Waals surface area contributed by atoms with E-state index in [4.69, 9.17) is 0 Å². The van der Waals surface area contributed by atoms with Crippen LogP contribution in [0.25, 0.3) is 0 Å². The van der Waals surface area contributed by atoms with Crippen LogP contribution in [0.1, 0.15) is 29.1 Å². The Morgan fingerprint density at radius 3 is 2.58 bits per heavy atom. The molecule has 0 aromatic carbocycles. The van der Waals surface area contributed by atoms with Gasteiger partial charge in [-0.15, -0.1) is 0 Å². The van der Waals surface area contributed by atoms with Gasteiger partial charge < -0.3 is 14.9 Å². The average molecular weight is 285 g/mol. The van der Waals surface area contributed by atoms with Gasteiger partial charge in [-0.1, -0.05) is 11.8 Å². The molecule has 2 atom stereocenters. The number of aliphatic hydroxyl groups excluding tert-OH is 2. The van der Waals surface area contributed by atoms with Gasteiger partial charge in [-0.25, -0.2) is 4.79 Å². The number of methoxy groups -OCH3 is 1. The summed E-state index contributed by atoms with van der Waals surface area (Å²) in [6.45, 7) is 1.38. The summed E-state index contributed by atoms with van der Waals surface area (Å²) in [6.07, 6.45) is -1.06. The lowest BCUT2D eigenvalue weighted by molar-refractivity contribution is -0.109. The largest absolute Gasteiger partial charge is 0.465 e. The van der Waals surface area contributed by atoms with E-state index < -0.39 is 18.2 Å². The first-order valence-corrected chi connectivity index (χ1v) is 6.48. The van der Waals surface area contributed by atoms with Crippen LogP contribution in [0.4, 0.5) is 0 Å². The van der Waals surface area contributed by atoms with Gasteiger partial charge in [0.1, 0.15) is 6.10 Å². The smallest absolute Gasteiger partial charge is 0.339 e. The van der Waals surface area contributed by atoms with Crippen molar-refractivity contribution in [3.05, 3.63) is 29.6 Å². The van der Waals surface area contributed by atoms with Crippen molar-refractivity contribution in [3.63, 3.8) is 0 Å². The van der Waals surface area contributed by atoms with Crippen molar-refractivity contribution in [1.82, 2.24) is 4.98 Å². The molecule has 0 radical (unpaired) electrons. The van der Waals surface area contributed by atoms with E-state index in [0.717, 1.165) is 11.8 Å². The maximum absolute atomic E-state index is 11.2. The molecule has 0 saturated heterocycles. The Morgan fingerprint density at radius 1 is 1.42 bits per heavy atom. The zero-order chi connectivity index (χ0) is 14.4. The number of ether oxygens (including phenoxy) is 1. The van der Waals surface area contributed by atoms with E-state index in [1.54, 1.807) is 0 Å². The van der Waals surface area contributed by atoms with Gasteiger partial charge in [-0.2, -0.15) is 0 Å². The Bertz CT molecular complexity index is 448. The van der Waals surface area contributed by atoms with Crippen molar-refractivity contribution in [2.75, 3.05) is 12.9 Å². The molecule has 0 aliphatic heterocycles. The Morgan fingerprint density at radius 2 is 2.11 bits per heavy atom. The third-order valence-corrected chi connectivity index (χ3v) is 3.25. The van der Waals surface area contributed by atoms with E-state index in [0.29, 0.717) is 0 Å². The quantitative estimate of drug-likeness (QED) is 0.762. The SMILES string of the molecule is COC(=O)c1ccc(C(O)C(O)CSC(C)=O)nc1. The lowest BCUT2D eigenvalue weighted by Crippen LogP contribution is -2.22. The van der Waals surface area contributed by atoms with Crippen molar-refractivity contribution < 1.29 is 24.5 Å². The number of hydrogen-bond acceptors (Lipinski definition) is 7. The number of carbonyl (C=O) groups excluding carboxylic acids is 2. The highest BCUT2D eigenvalue weighted by atomic mass is 32.2. The third kappa shape index (κ3) is 4.62. The van der Waals surface area contributed by atoms with Crippen LogP contribution in [0.3, 0.4) is 0 Å². The predicted molar refractivity (Wildman–Crippen MR) is 69.7 cm³/mol. The number of rotatable bonds is 5. The second kappa shape index (κ2) is 7.22. The van der Waals surface area contributed by atoms with Crippen molar-refractivity contribution in [3.8, 4) is 0 Å². The highest BCUT2D eigenvalue weighted by Crippen LogP contribution is 2.18. The Hall–Kier alpha value is -1.44. The van der Waals surface area contributed by atoms with Crippen LogP contribution in [-0.4, -0.2) is 45.2 Å². The molecule has 2 N–H and O–H groups in total. The fourth-order valence-corrected chi connectivity index (χ4v) is 1.90. The van der Waals surface area contributed by atoms with E-state index in [-0.39, 0.29) is 22.1 Å². The molecule has 0 fully saturated rings. The number of hydrogen-bond donors (Lipinski definition) is 2. The van der Waals surface area contributed by atoms with Crippen molar-refractivity contribution in [1.29, 1.82) is 0 Å². The number of nitrogens with zero attached hydrogens (tertiary/aromatic N) is 1. The number of carbonyl (C=O) groups is 2. The maximum atomic E-state index is 11.2. The highest BCUT2D eigenvalue weighted by Gasteiger charge is 2.20. The molecule has 0 spiro atoms. The zero-order valence-corrected chi connectivity index (χ0v) is 11.4. The minimum Gasteiger partial charge on any atom is -0.465 e. The Balaban J connectivity index is 2.69. The molecular weight excluding hydrogens is 270 g/mol. The molecule has 0 amide bonds. The number of aliphatic hydroxyl groups is 2. The predicted octanol–water partition coefficient (Wildman–Crippen LogP) is 0.542. The zero-order valence-electron chi connectivity index (χ0n) is 10.6. The fraction of sp³-hybridized carbons (Fsp3) is 0.417. The number of aromatic nitrogens is 1. The molecule has 19 heavy (non-hydrogen) atoms. The van der Waals surface area contributed by atoms with Gasteiger partial charge >= 0.3 is 5.97 Å². The van der Waals surface area contributed by atoms with E-state index in [2.05, 4.69) is 9.72 Å². The van der Waals surface area contributed by atoms with Crippen LogP contribution in [0.2, 0.25) is 0 Å². The lowest BCUT2D eigenvalue weighted by atomic mass is 10.1. The topological polar surface area (TPSA) is 96.7 Å². The van der Waals surface area contributed by atoms with Crippen molar-refractivity contribution in [2.45, 2.75) is 19.1 Å². The molecule has 0 aliphatic rings. The second-order valence-corrected chi connectivity index (χ2v) is 4.98. The van der Waals surface area contributed by atoms with Crippen molar-refractivity contribution >= 4 is 22.8 Å². The molecule has 2 unspecified atom stereocenters. The minimum absolute atomic E-state index is 0.0803. The molecule has 0 aliphatic carbocycles. The number of pyridine rings is 1. The van der Waals surface area contributed by atoms with Crippen molar-refractivity contribution in [2.24, 2.45) is 0 Å². The molecule has 0 saturated carbocycles. The first-order chi connectivity index (χ1) is 8.95. The first-order valence-electron chi connectivity index (χ1n) is 5.49. The summed E-state index contributed by atoms with van der Waals surface area (Å²) >= 11 is 0.923. The van der Waals surface area contributed by atoms with Gasteiger partial charge in [0.25, 0.3) is 0 Å². The number of esters is 1. The normalized spacial score (nSPS) is 13.7.